The van der Waals surface area contributed by atoms with Crippen LogP contribution in [0.15, 0.2) is 17.4 Å². The minimum atomic E-state index is 0.270. The van der Waals surface area contributed by atoms with E-state index in [2.05, 4.69) is 27.6 Å². The number of aliphatic imine (C=N–C) groups is 1. The fraction of sp³-hybridized carbons (Fsp3) is 0.722. The average Bonchev–Trinajstić information content (AvgIpc) is 3.34. The van der Waals surface area contributed by atoms with Crippen LogP contribution in [0.5, 0.6) is 0 Å². The Morgan fingerprint density at radius 1 is 1.36 bits per heavy atom. The summed E-state index contributed by atoms with van der Waals surface area (Å²) in [6, 6.07) is 0.275. The number of hydrogen-bond acceptors (Lipinski definition) is 3. The van der Waals surface area contributed by atoms with Gasteiger partial charge in [-0.25, -0.2) is 4.99 Å². The van der Waals surface area contributed by atoms with Gasteiger partial charge in [0.1, 0.15) is 0 Å². The molecule has 1 atom stereocenters. The summed E-state index contributed by atoms with van der Waals surface area (Å²) in [5.41, 5.74) is 1.09. The molecule has 2 fully saturated rings. The molecular formula is C18H30N6O. The van der Waals surface area contributed by atoms with Crippen molar-refractivity contribution in [3.05, 3.63) is 18.0 Å². The highest BCUT2D eigenvalue weighted by molar-refractivity contribution is 5.81. The zero-order valence-electron chi connectivity index (χ0n) is 15.4. The van der Waals surface area contributed by atoms with Gasteiger partial charge in [0.15, 0.2) is 5.96 Å². The zero-order chi connectivity index (χ0) is 17.6. The Labute approximate surface area is 149 Å². The normalized spacial score (nSPS) is 21.8. The summed E-state index contributed by atoms with van der Waals surface area (Å²) in [4.78, 5) is 19.2. The zero-order valence-corrected chi connectivity index (χ0v) is 15.4. The molecule has 2 heterocycles. The quantitative estimate of drug-likeness (QED) is 0.622. The van der Waals surface area contributed by atoms with E-state index in [1.54, 1.807) is 4.68 Å². The van der Waals surface area contributed by atoms with E-state index in [0.717, 1.165) is 50.4 Å². The summed E-state index contributed by atoms with van der Waals surface area (Å²) in [7, 11) is 1.91. The number of likely N-dealkylation sites (tertiary alicyclic amines) is 1. The molecule has 2 N–H and O–H groups in total. The molecule has 1 aliphatic carbocycles. The predicted octanol–water partition coefficient (Wildman–Crippen LogP) is 1.27. The van der Waals surface area contributed by atoms with Crippen LogP contribution in [0.4, 0.5) is 0 Å². The number of hydrogen-bond donors (Lipinski definition) is 2. The van der Waals surface area contributed by atoms with Gasteiger partial charge in [-0.1, -0.05) is 12.8 Å². The Kier molecular flexibility index (Phi) is 5.94. The average molecular weight is 346 g/mol. The van der Waals surface area contributed by atoms with Crippen molar-refractivity contribution in [1.82, 2.24) is 25.3 Å². The van der Waals surface area contributed by atoms with E-state index < -0.39 is 0 Å². The number of carbonyl (C=O) groups excluding carboxylic acids is 1. The molecule has 1 saturated heterocycles. The van der Waals surface area contributed by atoms with Gasteiger partial charge in [0, 0.05) is 50.4 Å². The number of nitrogens with one attached hydrogen (secondary N) is 2. The van der Waals surface area contributed by atoms with Crippen LogP contribution >= 0.6 is 0 Å². The molecule has 2 aliphatic rings. The van der Waals surface area contributed by atoms with Crippen LogP contribution in [-0.2, 0) is 18.4 Å². The van der Waals surface area contributed by atoms with Gasteiger partial charge < -0.3 is 15.5 Å². The van der Waals surface area contributed by atoms with Crippen LogP contribution in [0.2, 0.25) is 0 Å². The van der Waals surface area contributed by atoms with Crippen molar-refractivity contribution in [2.24, 2.45) is 18.0 Å². The van der Waals surface area contributed by atoms with Gasteiger partial charge in [0.25, 0.3) is 0 Å². The fourth-order valence-corrected chi connectivity index (χ4v) is 3.75. The van der Waals surface area contributed by atoms with E-state index in [0.29, 0.717) is 12.5 Å². The van der Waals surface area contributed by atoms with Gasteiger partial charge in [-0.15, -0.1) is 0 Å². The summed E-state index contributed by atoms with van der Waals surface area (Å²) >= 11 is 0. The number of aryl methyl sites for hydroxylation is 1. The first kappa shape index (κ1) is 17.8. The third-order valence-corrected chi connectivity index (χ3v) is 5.07. The van der Waals surface area contributed by atoms with Crippen LogP contribution in [0.25, 0.3) is 0 Å². The molecule has 3 rings (SSSR count). The SMILES string of the molecule is CCNC(=NCc1cnn(C)c1)NC1CCN(C(=O)C2CCCC2)C1. The molecular weight excluding hydrogens is 316 g/mol. The number of aromatic nitrogens is 2. The van der Waals surface area contributed by atoms with E-state index in [4.69, 9.17) is 0 Å². The van der Waals surface area contributed by atoms with Crippen molar-refractivity contribution in [3.8, 4) is 0 Å². The molecule has 0 radical (unpaired) electrons. The first-order valence-corrected chi connectivity index (χ1v) is 9.47. The van der Waals surface area contributed by atoms with Crippen molar-refractivity contribution in [2.75, 3.05) is 19.6 Å². The molecule has 25 heavy (non-hydrogen) atoms. The Bertz CT molecular complexity index is 604. The number of nitrogens with zero attached hydrogens (tertiary/aromatic N) is 4. The topological polar surface area (TPSA) is 74.6 Å². The third-order valence-electron chi connectivity index (χ3n) is 5.07. The third kappa shape index (κ3) is 4.74. The van der Waals surface area contributed by atoms with Gasteiger partial charge in [-0.2, -0.15) is 5.10 Å². The minimum absolute atomic E-state index is 0.270. The van der Waals surface area contributed by atoms with Gasteiger partial charge in [0.05, 0.1) is 12.7 Å². The molecule has 7 nitrogen and oxygen atoms in total. The molecule has 1 aromatic heterocycles. The predicted molar refractivity (Wildman–Crippen MR) is 98.1 cm³/mol. The summed E-state index contributed by atoms with van der Waals surface area (Å²) < 4.78 is 1.79. The highest BCUT2D eigenvalue weighted by Gasteiger charge is 2.32. The molecule has 138 valence electrons. The van der Waals surface area contributed by atoms with Gasteiger partial charge >= 0.3 is 0 Å². The van der Waals surface area contributed by atoms with E-state index in [-0.39, 0.29) is 12.0 Å². The standard InChI is InChI=1S/C18H30N6O/c1-3-19-18(20-10-14-11-21-23(2)12-14)22-16-8-9-24(13-16)17(25)15-6-4-5-7-15/h11-12,15-16H,3-10,13H2,1-2H3,(H2,19,20,22). The van der Waals surface area contributed by atoms with E-state index in [9.17, 15) is 4.79 Å². The van der Waals surface area contributed by atoms with Crippen LogP contribution in [0.3, 0.4) is 0 Å². The number of guanidine groups is 1. The van der Waals surface area contributed by atoms with Crippen molar-refractivity contribution >= 4 is 11.9 Å². The van der Waals surface area contributed by atoms with Crippen molar-refractivity contribution in [1.29, 1.82) is 0 Å². The molecule has 1 aromatic rings. The first-order chi connectivity index (χ1) is 12.2. The lowest BCUT2D eigenvalue weighted by molar-refractivity contribution is -0.134. The van der Waals surface area contributed by atoms with E-state index >= 15 is 0 Å². The fourth-order valence-electron chi connectivity index (χ4n) is 3.75. The highest BCUT2D eigenvalue weighted by atomic mass is 16.2. The van der Waals surface area contributed by atoms with Crippen LogP contribution < -0.4 is 10.6 Å². The van der Waals surface area contributed by atoms with E-state index in [1.807, 2.05) is 24.3 Å². The first-order valence-electron chi connectivity index (χ1n) is 9.47. The molecule has 7 heteroatoms. The molecule has 1 aliphatic heterocycles. The minimum Gasteiger partial charge on any atom is -0.357 e. The smallest absolute Gasteiger partial charge is 0.225 e. The van der Waals surface area contributed by atoms with Crippen molar-refractivity contribution < 1.29 is 4.79 Å². The maximum atomic E-state index is 12.6. The second-order valence-electron chi connectivity index (χ2n) is 7.11. The lowest BCUT2D eigenvalue weighted by Crippen LogP contribution is -2.45. The largest absolute Gasteiger partial charge is 0.357 e. The maximum absolute atomic E-state index is 12.6. The molecule has 1 unspecified atom stereocenters. The maximum Gasteiger partial charge on any atom is 0.225 e. The highest BCUT2D eigenvalue weighted by Crippen LogP contribution is 2.27. The second-order valence-corrected chi connectivity index (χ2v) is 7.11. The molecule has 1 saturated carbocycles. The summed E-state index contributed by atoms with van der Waals surface area (Å²) in [6.07, 6.45) is 9.35. The second kappa shape index (κ2) is 8.36. The van der Waals surface area contributed by atoms with Crippen molar-refractivity contribution in [2.45, 2.75) is 51.6 Å². The van der Waals surface area contributed by atoms with Crippen LogP contribution in [0.1, 0.15) is 44.6 Å². The Morgan fingerprint density at radius 3 is 2.84 bits per heavy atom. The lowest BCUT2D eigenvalue weighted by atomic mass is 10.1. The Hall–Kier alpha value is -2.05. The molecule has 0 bridgehead atoms. The monoisotopic (exact) mass is 346 g/mol. The molecule has 1 amide bonds. The summed E-state index contributed by atoms with van der Waals surface area (Å²) in [5, 5.41) is 11.0. The summed E-state index contributed by atoms with van der Waals surface area (Å²) in [5.74, 6) is 1.44. The van der Waals surface area contributed by atoms with Gasteiger partial charge in [0.2, 0.25) is 5.91 Å². The molecule has 0 aromatic carbocycles. The van der Waals surface area contributed by atoms with Crippen molar-refractivity contribution in [3.63, 3.8) is 0 Å². The number of rotatable bonds is 5. The van der Waals surface area contributed by atoms with E-state index in [1.165, 1.54) is 12.8 Å². The number of amides is 1. The lowest BCUT2D eigenvalue weighted by Gasteiger charge is -2.21. The van der Waals surface area contributed by atoms with Crippen LogP contribution in [0, 0.1) is 5.92 Å². The van der Waals surface area contributed by atoms with Gasteiger partial charge in [-0.3, -0.25) is 9.48 Å². The summed E-state index contributed by atoms with van der Waals surface area (Å²) in [6.45, 7) is 5.12. The van der Waals surface area contributed by atoms with Gasteiger partial charge in [-0.05, 0) is 26.2 Å². The molecule has 0 spiro atoms. The Balaban J connectivity index is 1.52. The Morgan fingerprint density at radius 2 is 2.16 bits per heavy atom. The van der Waals surface area contributed by atoms with Crippen LogP contribution in [-0.4, -0.2) is 52.2 Å². The number of carbonyl (C=O) groups is 1.